The van der Waals surface area contributed by atoms with E-state index < -0.39 is 5.60 Å². The SMILES string of the molecule is CN1CC[C@@H](CC(=O)OC(C)(C)C)C1=O. The Balaban J connectivity index is 2.43. The van der Waals surface area contributed by atoms with Crippen LogP contribution in [0.5, 0.6) is 0 Å². The normalized spacial score (nSPS) is 22.0. The zero-order valence-electron chi connectivity index (χ0n) is 9.87. The van der Waals surface area contributed by atoms with Gasteiger partial charge in [-0.2, -0.15) is 0 Å². The number of ether oxygens (including phenoxy) is 1. The van der Waals surface area contributed by atoms with Gasteiger partial charge in [0.2, 0.25) is 5.91 Å². The molecule has 0 radical (unpaired) electrons. The molecule has 1 aliphatic heterocycles. The summed E-state index contributed by atoms with van der Waals surface area (Å²) in [4.78, 5) is 24.7. The molecule has 1 amide bonds. The number of esters is 1. The van der Waals surface area contributed by atoms with E-state index in [1.54, 1.807) is 11.9 Å². The van der Waals surface area contributed by atoms with Crippen molar-refractivity contribution in [3.05, 3.63) is 0 Å². The highest BCUT2D eigenvalue weighted by Gasteiger charge is 2.32. The van der Waals surface area contributed by atoms with Gasteiger partial charge in [0, 0.05) is 13.6 Å². The maximum absolute atomic E-state index is 11.5. The molecular formula is C11H19NO3. The van der Waals surface area contributed by atoms with Gasteiger partial charge in [-0.3, -0.25) is 9.59 Å². The Kier molecular flexibility index (Phi) is 3.37. The number of rotatable bonds is 2. The summed E-state index contributed by atoms with van der Waals surface area (Å²) in [6.07, 6.45) is 0.967. The minimum Gasteiger partial charge on any atom is -0.460 e. The molecule has 1 saturated heterocycles. The molecule has 0 bridgehead atoms. The van der Waals surface area contributed by atoms with E-state index >= 15 is 0 Å². The van der Waals surface area contributed by atoms with Crippen LogP contribution >= 0.6 is 0 Å². The molecule has 0 aromatic rings. The van der Waals surface area contributed by atoms with Gasteiger partial charge in [-0.15, -0.1) is 0 Å². The largest absolute Gasteiger partial charge is 0.460 e. The van der Waals surface area contributed by atoms with E-state index in [0.717, 1.165) is 13.0 Å². The molecule has 4 nitrogen and oxygen atoms in total. The maximum Gasteiger partial charge on any atom is 0.307 e. The van der Waals surface area contributed by atoms with Crippen LogP contribution in [0.3, 0.4) is 0 Å². The molecule has 1 fully saturated rings. The molecule has 0 aromatic heterocycles. The third-order valence-electron chi connectivity index (χ3n) is 2.37. The number of nitrogens with zero attached hydrogens (tertiary/aromatic N) is 1. The van der Waals surface area contributed by atoms with Crippen LogP contribution < -0.4 is 0 Å². The summed E-state index contributed by atoms with van der Waals surface area (Å²) < 4.78 is 5.17. The van der Waals surface area contributed by atoms with Gasteiger partial charge in [0.15, 0.2) is 0 Å². The Morgan fingerprint density at radius 2 is 2.13 bits per heavy atom. The molecule has 1 rings (SSSR count). The zero-order valence-corrected chi connectivity index (χ0v) is 9.87. The first kappa shape index (κ1) is 12.0. The van der Waals surface area contributed by atoms with E-state index in [0.29, 0.717) is 0 Å². The lowest BCUT2D eigenvalue weighted by Crippen LogP contribution is -2.28. The van der Waals surface area contributed by atoms with Crippen molar-refractivity contribution in [3.8, 4) is 0 Å². The van der Waals surface area contributed by atoms with Gasteiger partial charge in [0.05, 0.1) is 12.3 Å². The molecule has 1 atom stereocenters. The van der Waals surface area contributed by atoms with Crippen molar-refractivity contribution in [2.24, 2.45) is 5.92 Å². The lowest BCUT2D eigenvalue weighted by atomic mass is 10.0. The number of amides is 1. The average molecular weight is 213 g/mol. The first-order valence-corrected chi connectivity index (χ1v) is 5.26. The Morgan fingerprint density at radius 3 is 2.53 bits per heavy atom. The number of carbonyl (C=O) groups excluding carboxylic acids is 2. The molecule has 0 N–H and O–H groups in total. The Bertz CT molecular complexity index is 267. The van der Waals surface area contributed by atoms with Crippen molar-refractivity contribution in [2.45, 2.75) is 39.2 Å². The lowest BCUT2D eigenvalue weighted by molar-refractivity contribution is -0.157. The van der Waals surface area contributed by atoms with Crippen molar-refractivity contribution in [3.63, 3.8) is 0 Å². The highest BCUT2D eigenvalue weighted by molar-refractivity contribution is 5.85. The number of carbonyl (C=O) groups is 2. The minimum atomic E-state index is -0.468. The van der Waals surface area contributed by atoms with Crippen LogP contribution in [0.2, 0.25) is 0 Å². The summed E-state index contributed by atoms with van der Waals surface area (Å²) in [5.41, 5.74) is -0.468. The summed E-state index contributed by atoms with van der Waals surface area (Å²) in [6, 6.07) is 0. The molecule has 15 heavy (non-hydrogen) atoms. The Hall–Kier alpha value is -1.06. The topological polar surface area (TPSA) is 46.6 Å². The summed E-state index contributed by atoms with van der Waals surface area (Å²) >= 11 is 0. The summed E-state index contributed by atoms with van der Waals surface area (Å²) in [5.74, 6) is -0.401. The molecule has 4 heteroatoms. The standard InChI is InChI=1S/C11H19NO3/c1-11(2,3)15-9(13)7-8-5-6-12(4)10(8)14/h8H,5-7H2,1-4H3/t8-/m0/s1. The molecule has 86 valence electrons. The van der Waals surface area contributed by atoms with E-state index in [1.807, 2.05) is 20.8 Å². The average Bonchev–Trinajstić information content (AvgIpc) is 2.32. The number of hydrogen-bond donors (Lipinski definition) is 0. The van der Waals surface area contributed by atoms with Gasteiger partial charge in [0.25, 0.3) is 0 Å². The van der Waals surface area contributed by atoms with Gasteiger partial charge >= 0.3 is 5.97 Å². The number of hydrogen-bond acceptors (Lipinski definition) is 3. The van der Waals surface area contributed by atoms with Gasteiger partial charge in [-0.1, -0.05) is 0 Å². The third-order valence-corrected chi connectivity index (χ3v) is 2.37. The van der Waals surface area contributed by atoms with Crippen LogP contribution in [-0.2, 0) is 14.3 Å². The predicted octanol–water partition coefficient (Wildman–Crippen LogP) is 1.20. The van der Waals surface area contributed by atoms with Crippen LogP contribution in [0.15, 0.2) is 0 Å². The van der Waals surface area contributed by atoms with Crippen LogP contribution in [-0.4, -0.2) is 36.0 Å². The monoisotopic (exact) mass is 213 g/mol. The van der Waals surface area contributed by atoms with E-state index in [1.165, 1.54) is 0 Å². The molecule has 0 saturated carbocycles. The molecule has 0 spiro atoms. The molecule has 0 aromatic carbocycles. The second-order valence-corrected chi connectivity index (χ2v) is 5.04. The van der Waals surface area contributed by atoms with Crippen LogP contribution in [0.4, 0.5) is 0 Å². The summed E-state index contributed by atoms with van der Waals surface area (Å²) in [7, 11) is 1.76. The Morgan fingerprint density at radius 1 is 1.53 bits per heavy atom. The second kappa shape index (κ2) is 4.21. The van der Waals surface area contributed by atoms with Crippen molar-refractivity contribution in [1.82, 2.24) is 4.90 Å². The first-order valence-electron chi connectivity index (χ1n) is 5.26. The lowest BCUT2D eigenvalue weighted by Gasteiger charge is -2.20. The van der Waals surface area contributed by atoms with Crippen molar-refractivity contribution in [2.75, 3.05) is 13.6 Å². The van der Waals surface area contributed by atoms with Gasteiger partial charge in [-0.05, 0) is 27.2 Å². The van der Waals surface area contributed by atoms with Crippen molar-refractivity contribution < 1.29 is 14.3 Å². The Labute approximate surface area is 90.6 Å². The smallest absolute Gasteiger partial charge is 0.307 e. The zero-order chi connectivity index (χ0) is 11.6. The highest BCUT2D eigenvalue weighted by atomic mass is 16.6. The fourth-order valence-corrected chi connectivity index (χ4v) is 1.67. The maximum atomic E-state index is 11.5. The van der Waals surface area contributed by atoms with Gasteiger partial charge < -0.3 is 9.64 Å². The molecule has 0 unspecified atom stereocenters. The fraction of sp³-hybridized carbons (Fsp3) is 0.818. The molecule has 1 heterocycles. The van der Waals surface area contributed by atoms with E-state index in [4.69, 9.17) is 4.74 Å². The van der Waals surface area contributed by atoms with Crippen LogP contribution in [0, 0.1) is 5.92 Å². The summed E-state index contributed by atoms with van der Waals surface area (Å²) in [5, 5.41) is 0. The second-order valence-electron chi connectivity index (χ2n) is 5.04. The highest BCUT2D eigenvalue weighted by Crippen LogP contribution is 2.21. The first-order chi connectivity index (χ1) is 6.79. The van der Waals surface area contributed by atoms with E-state index in [2.05, 4.69) is 0 Å². The summed E-state index contributed by atoms with van der Waals surface area (Å²) in [6.45, 7) is 6.22. The van der Waals surface area contributed by atoms with Crippen molar-refractivity contribution >= 4 is 11.9 Å². The van der Waals surface area contributed by atoms with Crippen LogP contribution in [0.1, 0.15) is 33.6 Å². The molecular weight excluding hydrogens is 194 g/mol. The van der Waals surface area contributed by atoms with Gasteiger partial charge in [0.1, 0.15) is 5.60 Å². The molecule has 0 aliphatic carbocycles. The van der Waals surface area contributed by atoms with E-state index in [9.17, 15) is 9.59 Å². The van der Waals surface area contributed by atoms with Crippen molar-refractivity contribution in [1.29, 1.82) is 0 Å². The number of likely N-dealkylation sites (tertiary alicyclic amines) is 1. The third kappa shape index (κ3) is 3.53. The quantitative estimate of drug-likeness (QED) is 0.647. The van der Waals surface area contributed by atoms with E-state index in [-0.39, 0.29) is 24.2 Å². The van der Waals surface area contributed by atoms with Gasteiger partial charge in [-0.25, -0.2) is 0 Å². The predicted molar refractivity (Wildman–Crippen MR) is 56.2 cm³/mol. The minimum absolute atomic E-state index is 0.0564. The molecule has 1 aliphatic rings. The fourth-order valence-electron chi connectivity index (χ4n) is 1.67. The van der Waals surface area contributed by atoms with Crippen LogP contribution in [0.25, 0.3) is 0 Å².